The lowest BCUT2D eigenvalue weighted by molar-refractivity contribution is 0.339. The largest absolute Gasteiger partial charge is 0.502 e. The van der Waals surface area contributed by atoms with E-state index < -0.39 is 0 Å². The molecule has 0 aromatic heterocycles. The van der Waals surface area contributed by atoms with Crippen LogP contribution < -0.4 is 14.8 Å². The quantitative estimate of drug-likeness (QED) is 0.846. The highest BCUT2D eigenvalue weighted by molar-refractivity contribution is 5.52. The van der Waals surface area contributed by atoms with E-state index >= 15 is 0 Å². The highest BCUT2D eigenvalue weighted by Crippen LogP contribution is 2.67. The van der Waals surface area contributed by atoms with Crippen molar-refractivity contribution in [1.82, 2.24) is 5.32 Å². The Morgan fingerprint density at radius 2 is 1.52 bits per heavy atom. The van der Waals surface area contributed by atoms with Crippen LogP contribution in [0, 0.1) is 16.7 Å². The summed E-state index contributed by atoms with van der Waals surface area (Å²) >= 11 is 0. The molecule has 1 fully saturated rings. The molecule has 0 spiro atoms. The molecule has 1 aromatic rings. The second-order valence-electron chi connectivity index (χ2n) is 6.98. The van der Waals surface area contributed by atoms with Gasteiger partial charge < -0.3 is 19.9 Å². The van der Waals surface area contributed by atoms with Crippen molar-refractivity contribution in [2.45, 2.75) is 34.2 Å². The summed E-state index contributed by atoms with van der Waals surface area (Å²) in [6.07, 6.45) is 0. The van der Waals surface area contributed by atoms with Crippen molar-refractivity contribution in [2.24, 2.45) is 16.7 Å². The van der Waals surface area contributed by atoms with Crippen LogP contribution in [0.3, 0.4) is 0 Å². The van der Waals surface area contributed by atoms with Crippen LogP contribution in [0.15, 0.2) is 12.1 Å². The fraction of sp³-hybridized carbons (Fsp3) is 0.647. The van der Waals surface area contributed by atoms with Crippen LogP contribution in [-0.4, -0.2) is 25.9 Å². The molecule has 21 heavy (non-hydrogen) atoms. The van der Waals surface area contributed by atoms with Crippen molar-refractivity contribution in [2.75, 3.05) is 20.8 Å². The molecule has 0 unspecified atom stereocenters. The van der Waals surface area contributed by atoms with Gasteiger partial charge in [-0.1, -0.05) is 27.7 Å². The molecule has 4 heteroatoms. The minimum Gasteiger partial charge on any atom is -0.502 e. The topological polar surface area (TPSA) is 50.7 Å². The molecule has 1 saturated carbocycles. The molecule has 0 bridgehead atoms. The summed E-state index contributed by atoms with van der Waals surface area (Å²) in [6.45, 7) is 11.0. The molecule has 0 aliphatic heterocycles. The van der Waals surface area contributed by atoms with Crippen molar-refractivity contribution in [1.29, 1.82) is 0 Å². The van der Waals surface area contributed by atoms with Crippen LogP contribution >= 0.6 is 0 Å². The normalized spacial score (nSPS) is 19.3. The SMILES string of the molecule is COc1cc(CNCC2C(C)(C)C2(C)C)cc(OC)c1O. The fourth-order valence-corrected chi connectivity index (χ4v) is 3.25. The van der Waals surface area contributed by atoms with E-state index in [2.05, 4.69) is 33.0 Å². The Kier molecular flexibility index (Phi) is 4.11. The summed E-state index contributed by atoms with van der Waals surface area (Å²) in [7, 11) is 3.09. The number of aromatic hydroxyl groups is 1. The van der Waals surface area contributed by atoms with Gasteiger partial charge in [-0.25, -0.2) is 0 Å². The minimum absolute atomic E-state index is 0.0493. The third kappa shape index (κ3) is 2.69. The van der Waals surface area contributed by atoms with E-state index in [-0.39, 0.29) is 5.75 Å². The number of hydrogen-bond acceptors (Lipinski definition) is 4. The third-order valence-corrected chi connectivity index (χ3v) is 5.54. The van der Waals surface area contributed by atoms with Crippen LogP contribution in [0.5, 0.6) is 17.2 Å². The zero-order valence-electron chi connectivity index (χ0n) is 13.9. The van der Waals surface area contributed by atoms with Crippen molar-refractivity contribution in [3.05, 3.63) is 17.7 Å². The van der Waals surface area contributed by atoms with Gasteiger partial charge in [0.1, 0.15) is 0 Å². The monoisotopic (exact) mass is 293 g/mol. The van der Waals surface area contributed by atoms with Crippen molar-refractivity contribution >= 4 is 0 Å². The Balaban J connectivity index is 1.98. The lowest BCUT2D eigenvalue weighted by Gasteiger charge is -2.12. The summed E-state index contributed by atoms with van der Waals surface area (Å²) < 4.78 is 10.4. The fourth-order valence-electron chi connectivity index (χ4n) is 3.25. The number of methoxy groups -OCH3 is 2. The average molecular weight is 293 g/mol. The number of rotatable bonds is 6. The Bertz CT molecular complexity index is 484. The number of hydrogen-bond donors (Lipinski definition) is 2. The van der Waals surface area contributed by atoms with Gasteiger partial charge in [-0.15, -0.1) is 0 Å². The number of ether oxygens (including phenoxy) is 2. The van der Waals surface area contributed by atoms with Crippen LogP contribution in [0.1, 0.15) is 33.3 Å². The third-order valence-electron chi connectivity index (χ3n) is 5.54. The van der Waals surface area contributed by atoms with Gasteiger partial charge in [-0.3, -0.25) is 0 Å². The van der Waals surface area contributed by atoms with Crippen LogP contribution in [0.2, 0.25) is 0 Å². The molecule has 118 valence electrons. The van der Waals surface area contributed by atoms with Gasteiger partial charge in [0.2, 0.25) is 5.75 Å². The molecule has 1 aliphatic carbocycles. The van der Waals surface area contributed by atoms with E-state index in [1.165, 1.54) is 0 Å². The predicted octanol–water partition coefficient (Wildman–Crippen LogP) is 3.18. The molecule has 1 aromatic carbocycles. The Labute approximate surface area is 127 Å². The number of phenolic OH excluding ortho intramolecular Hbond substituents is 1. The standard InChI is InChI=1S/C17H27NO3/c1-16(2)14(17(16,3)4)10-18-9-11-7-12(20-5)15(19)13(8-11)21-6/h7-8,14,18-19H,9-10H2,1-6H3. The van der Waals surface area contributed by atoms with E-state index in [4.69, 9.17) is 9.47 Å². The maximum atomic E-state index is 9.90. The highest BCUT2D eigenvalue weighted by atomic mass is 16.5. The smallest absolute Gasteiger partial charge is 0.200 e. The lowest BCUT2D eigenvalue weighted by Crippen LogP contribution is -2.19. The van der Waals surface area contributed by atoms with Gasteiger partial charge in [-0.05, 0) is 41.0 Å². The summed E-state index contributed by atoms with van der Waals surface area (Å²) in [4.78, 5) is 0. The van der Waals surface area contributed by atoms with E-state index in [1.807, 2.05) is 12.1 Å². The van der Waals surface area contributed by atoms with Crippen molar-refractivity contribution in [3.8, 4) is 17.2 Å². The zero-order chi connectivity index (χ0) is 15.8. The molecule has 0 radical (unpaired) electrons. The molecule has 0 heterocycles. The van der Waals surface area contributed by atoms with Crippen LogP contribution in [-0.2, 0) is 6.54 Å². The van der Waals surface area contributed by atoms with Gasteiger partial charge in [0.15, 0.2) is 11.5 Å². The first kappa shape index (κ1) is 16.0. The highest BCUT2D eigenvalue weighted by Gasteiger charge is 2.63. The molecule has 0 atom stereocenters. The summed E-state index contributed by atoms with van der Waals surface area (Å²) in [5, 5.41) is 13.4. The first-order valence-electron chi connectivity index (χ1n) is 7.40. The Morgan fingerprint density at radius 3 is 1.90 bits per heavy atom. The predicted molar refractivity (Wildman–Crippen MR) is 84.0 cm³/mol. The maximum absolute atomic E-state index is 9.90. The van der Waals surface area contributed by atoms with Crippen LogP contribution in [0.25, 0.3) is 0 Å². The molecular weight excluding hydrogens is 266 g/mol. The Hall–Kier alpha value is -1.42. The summed E-state index contributed by atoms with van der Waals surface area (Å²) in [5.74, 6) is 1.62. The summed E-state index contributed by atoms with van der Waals surface area (Å²) in [6, 6.07) is 3.68. The first-order valence-corrected chi connectivity index (χ1v) is 7.40. The van der Waals surface area contributed by atoms with Gasteiger partial charge in [-0.2, -0.15) is 0 Å². The first-order chi connectivity index (χ1) is 9.75. The molecule has 1 aliphatic rings. The maximum Gasteiger partial charge on any atom is 0.200 e. The molecule has 2 N–H and O–H groups in total. The second-order valence-corrected chi connectivity index (χ2v) is 6.98. The second kappa shape index (κ2) is 5.41. The van der Waals surface area contributed by atoms with Gasteiger partial charge in [0, 0.05) is 6.54 Å². The number of phenols is 1. The van der Waals surface area contributed by atoms with Gasteiger partial charge in [0.25, 0.3) is 0 Å². The summed E-state index contributed by atoms with van der Waals surface area (Å²) in [5.41, 5.74) is 1.83. The average Bonchev–Trinajstić information content (AvgIpc) is 2.82. The molecule has 0 amide bonds. The van der Waals surface area contributed by atoms with Gasteiger partial charge >= 0.3 is 0 Å². The zero-order valence-corrected chi connectivity index (χ0v) is 13.9. The Morgan fingerprint density at radius 1 is 1.05 bits per heavy atom. The molecule has 4 nitrogen and oxygen atoms in total. The van der Waals surface area contributed by atoms with E-state index in [1.54, 1.807) is 14.2 Å². The molecule has 0 saturated heterocycles. The van der Waals surface area contributed by atoms with Crippen molar-refractivity contribution < 1.29 is 14.6 Å². The lowest BCUT2D eigenvalue weighted by atomic mass is 10.0. The minimum atomic E-state index is 0.0493. The van der Waals surface area contributed by atoms with E-state index in [0.29, 0.717) is 28.2 Å². The molecular formula is C17H27NO3. The van der Waals surface area contributed by atoms with E-state index in [9.17, 15) is 5.11 Å². The number of nitrogens with one attached hydrogen (secondary N) is 1. The van der Waals surface area contributed by atoms with Crippen molar-refractivity contribution in [3.63, 3.8) is 0 Å². The van der Waals surface area contributed by atoms with E-state index in [0.717, 1.165) is 18.7 Å². The molecule has 2 rings (SSSR count). The number of benzene rings is 1. The van der Waals surface area contributed by atoms with Crippen LogP contribution in [0.4, 0.5) is 0 Å². The van der Waals surface area contributed by atoms with Gasteiger partial charge in [0.05, 0.1) is 14.2 Å².